The summed E-state index contributed by atoms with van der Waals surface area (Å²) in [5.41, 5.74) is 5.31. The molecule has 2 aromatic carbocycles. The van der Waals surface area contributed by atoms with Crippen molar-refractivity contribution < 1.29 is 39.0 Å². The predicted molar refractivity (Wildman–Crippen MR) is 187 cm³/mol. The Balaban J connectivity index is 1.39. The second-order valence-electron chi connectivity index (χ2n) is 12.9. The molecule has 0 spiro atoms. The van der Waals surface area contributed by atoms with Crippen LogP contribution >= 0.6 is 21.6 Å². The van der Waals surface area contributed by atoms with Crippen molar-refractivity contribution in [3.8, 4) is 11.1 Å². The van der Waals surface area contributed by atoms with E-state index in [4.69, 9.17) is 0 Å². The normalized spacial score (nSPS) is 23.3. The monoisotopic (exact) mass is 711 g/mol. The molecular weight excluding hydrogens is 671 g/mol. The van der Waals surface area contributed by atoms with Crippen LogP contribution in [0.3, 0.4) is 0 Å². The molecule has 2 saturated heterocycles. The van der Waals surface area contributed by atoms with Gasteiger partial charge in [0, 0.05) is 30.2 Å². The number of carboxylic acids is 2. The van der Waals surface area contributed by atoms with Crippen molar-refractivity contribution in [1.82, 2.24) is 20.9 Å². The van der Waals surface area contributed by atoms with E-state index in [1.54, 1.807) is 0 Å². The van der Waals surface area contributed by atoms with Crippen LogP contribution in [0.2, 0.25) is 0 Å². The molecule has 1 aliphatic carbocycles. The Labute approximate surface area is 292 Å². The Hall–Kier alpha value is -4.24. The number of hydrogen-bond acceptors (Lipinski definition) is 9. The lowest BCUT2D eigenvalue weighted by atomic mass is 10.0. The first-order valence-electron chi connectivity index (χ1n) is 16.3. The maximum Gasteiger partial charge on any atom is 0.327 e. The molecule has 0 aromatic heterocycles. The number of fused-ring (bicyclic) bond motifs is 4. The number of nitrogens with one attached hydrogen (secondary N) is 4. The smallest absolute Gasteiger partial charge is 0.327 e. The Bertz CT molecular complexity index is 1620. The average Bonchev–Trinajstić information content (AvgIpc) is 3.69. The molecule has 2 aromatic rings. The highest BCUT2D eigenvalue weighted by molar-refractivity contribution is 8.76. The van der Waals surface area contributed by atoms with Gasteiger partial charge in [0.1, 0.15) is 30.2 Å². The molecule has 2 fully saturated rings. The summed E-state index contributed by atoms with van der Waals surface area (Å²) in [6.07, 6.45) is 1.11. The van der Waals surface area contributed by atoms with Crippen LogP contribution in [0.1, 0.15) is 50.7 Å². The number of nitrogens with zero attached hydrogens (tertiary/aromatic N) is 1. The minimum atomic E-state index is -1.51. The van der Waals surface area contributed by atoms with E-state index in [-0.39, 0.29) is 30.4 Å². The van der Waals surface area contributed by atoms with Crippen LogP contribution in [-0.2, 0) is 35.2 Å². The largest absolute Gasteiger partial charge is 0.481 e. The fourth-order valence-electron chi connectivity index (χ4n) is 6.46. The number of amides is 4. The van der Waals surface area contributed by atoms with Crippen molar-refractivity contribution in [1.29, 1.82) is 0 Å². The fraction of sp³-hybridized carbons (Fsp3) is 0.471. The van der Waals surface area contributed by atoms with E-state index in [1.807, 2.05) is 38.1 Å². The maximum absolute atomic E-state index is 14.0. The quantitative estimate of drug-likeness (QED) is 0.179. The number of aliphatic carboxylic acids is 2. The maximum atomic E-state index is 14.0. The topological polar surface area (TPSA) is 194 Å². The first kappa shape index (κ1) is 36.1. The number of benzene rings is 2. The van der Waals surface area contributed by atoms with Gasteiger partial charge in [0.2, 0.25) is 23.6 Å². The summed E-state index contributed by atoms with van der Waals surface area (Å²) >= 11 is 0. The van der Waals surface area contributed by atoms with Crippen LogP contribution in [-0.4, -0.2) is 98.9 Å². The van der Waals surface area contributed by atoms with Gasteiger partial charge in [0.05, 0.1) is 6.42 Å². The summed E-state index contributed by atoms with van der Waals surface area (Å²) in [4.78, 5) is 79.4. The summed E-state index contributed by atoms with van der Waals surface area (Å²) in [6.45, 7) is 4.11. The number of carbonyl (C=O) groups is 6. The van der Waals surface area contributed by atoms with E-state index in [9.17, 15) is 39.0 Å². The molecule has 2 heterocycles. The predicted octanol–water partition coefficient (Wildman–Crippen LogP) is 2.48. The average molecular weight is 712 g/mol. The number of rotatable bonds is 9. The van der Waals surface area contributed by atoms with Crippen LogP contribution in [0.25, 0.3) is 11.1 Å². The van der Waals surface area contributed by atoms with Crippen molar-refractivity contribution in [3.05, 3.63) is 53.6 Å². The van der Waals surface area contributed by atoms with E-state index >= 15 is 0 Å². The zero-order valence-electron chi connectivity index (χ0n) is 27.3. The van der Waals surface area contributed by atoms with Crippen LogP contribution in [0.5, 0.6) is 0 Å². The highest BCUT2D eigenvalue weighted by atomic mass is 33.1. The van der Waals surface area contributed by atoms with Gasteiger partial charge < -0.3 is 36.4 Å². The second-order valence-corrected chi connectivity index (χ2v) is 15.4. The van der Waals surface area contributed by atoms with Gasteiger partial charge >= 0.3 is 11.9 Å². The van der Waals surface area contributed by atoms with Crippen molar-refractivity contribution in [3.63, 3.8) is 0 Å². The molecule has 4 amide bonds. The number of hydrogen-bond donors (Lipinski definition) is 6. The molecule has 2 aliphatic heterocycles. The van der Waals surface area contributed by atoms with Gasteiger partial charge in [0.25, 0.3) is 0 Å². The van der Waals surface area contributed by atoms with Crippen LogP contribution < -0.4 is 21.3 Å². The lowest BCUT2D eigenvalue weighted by Crippen LogP contribution is -2.59. The highest BCUT2D eigenvalue weighted by Crippen LogP contribution is 2.40. The Morgan fingerprint density at radius 2 is 1.69 bits per heavy atom. The third-order valence-electron chi connectivity index (χ3n) is 8.84. The summed E-state index contributed by atoms with van der Waals surface area (Å²) in [5, 5.41) is 30.7. The highest BCUT2D eigenvalue weighted by Gasteiger charge is 2.40. The molecule has 0 bridgehead atoms. The van der Waals surface area contributed by atoms with Gasteiger partial charge in [-0.25, -0.2) is 4.79 Å². The molecule has 0 saturated carbocycles. The minimum absolute atomic E-state index is 0.0205. The molecule has 0 radical (unpaired) electrons. The first-order chi connectivity index (χ1) is 23.4. The molecule has 3 aliphatic rings. The molecule has 5 atom stereocenters. The van der Waals surface area contributed by atoms with Crippen molar-refractivity contribution in [2.24, 2.45) is 5.92 Å². The molecule has 49 heavy (non-hydrogen) atoms. The Morgan fingerprint density at radius 1 is 0.959 bits per heavy atom. The van der Waals surface area contributed by atoms with E-state index in [1.165, 1.54) is 10.5 Å². The van der Waals surface area contributed by atoms with Gasteiger partial charge in [-0.15, -0.1) is 0 Å². The van der Waals surface area contributed by atoms with E-state index in [2.05, 4.69) is 39.5 Å². The van der Waals surface area contributed by atoms with E-state index in [0.29, 0.717) is 19.3 Å². The molecule has 13 nitrogen and oxygen atoms in total. The Kier molecular flexibility index (Phi) is 11.8. The number of anilines is 1. The standard InChI is InChI=1S/C34H41N5O8S2/c1-18(2)13-24(35-23-10-5-9-21-20-8-4-3-7-19(20)14-22(21)23)30(42)37-26-16-48-49-17-27(34(46)47)38-32(44)28-11-6-12-39(28)33(45)25(15-29(40)41)36-31(26)43/h3-5,7-10,18,24-28,35H,6,11-17H2,1-2H3,(H,36,43)(H,37,42)(H,38,44)(H,40,41)(H,46,47)/t24-,25?,26?,27-,28-/m0/s1. The fourth-order valence-corrected chi connectivity index (χ4v) is 8.78. The molecular formula is C34H41N5O8S2. The summed E-state index contributed by atoms with van der Waals surface area (Å²) < 4.78 is 0. The van der Waals surface area contributed by atoms with Crippen molar-refractivity contribution >= 4 is 62.8 Å². The molecule has 262 valence electrons. The first-order valence-corrected chi connectivity index (χ1v) is 18.8. The van der Waals surface area contributed by atoms with Crippen molar-refractivity contribution in [2.75, 3.05) is 23.4 Å². The zero-order chi connectivity index (χ0) is 35.2. The van der Waals surface area contributed by atoms with E-state index in [0.717, 1.165) is 44.0 Å². The number of carboxylic acid groups (broad SMARTS) is 2. The van der Waals surface area contributed by atoms with Crippen LogP contribution in [0, 0.1) is 5.92 Å². The van der Waals surface area contributed by atoms with Gasteiger partial charge in [0.15, 0.2) is 0 Å². The van der Waals surface area contributed by atoms with Crippen LogP contribution in [0.4, 0.5) is 5.69 Å². The van der Waals surface area contributed by atoms with Gasteiger partial charge in [-0.1, -0.05) is 71.8 Å². The third kappa shape index (κ3) is 8.68. The van der Waals surface area contributed by atoms with Gasteiger partial charge in [-0.3, -0.25) is 24.0 Å². The summed E-state index contributed by atoms with van der Waals surface area (Å²) in [7, 11) is 2.24. The van der Waals surface area contributed by atoms with Gasteiger partial charge in [-0.05, 0) is 53.5 Å². The zero-order valence-corrected chi connectivity index (χ0v) is 28.9. The Morgan fingerprint density at radius 3 is 2.43 bits per heavy atom. The van der Waals surface area contributed by atoms with Crippen LogP contribution in [0.15, 0.2) is 42.5 Å². The minimum Gasteiger partial charge on any atom is -0.481 e. The lowest BCUT2D eigenvalue weighted by Gasteiger charge is -2.30. The van der Waals surface area contributed by atoms with Gasteiger partial charge in [-0.2, -0.15) is 0 Å². The lowest BCUT2D eigenvalue weighted by molar-refractivity contribution is -0.147. The summed E-state index contributed by atoms with van der Waals surface area (Å²) in [5.74, 6) is -5.16. The third-order valence-corrected chi connectivity index (χ3v) is 11.3. The molecule has 5 rings (SSSR count). The molecule has 2 unspecified atom stereocenters. The van der Waals surface area contributed by atoms with Crippen molar-refractivity contribution in [2.45, 2.75) is 76.2 Å². The number of carbonyl (C=O) groups excluding carboxylic acids is 4. The second kappa shape index (κ2) is 16.0. The molecule has 15 heteroatoms. The summed E-state index contributed by atoms with van der Waals surface area (Å²) in [6, 6.07) is 8.36. The SMILES string of the molecule is CC(C)C[C@H](Nc1cccc2c1Cc1ccccc1-2)C(=O)NC1CSSC[C@@H](C(=O)O)NC(=O)[C@@H]2CCCN2C(=O)C(CC(=O)O)NC1=O. The molecule has 6 N–H and O–H groups in total. The van der Waals surface area contributed by atoms with E-state index < -0.39 is 72.2 Å².